The molecule has 0 aromatic heterocycles. The fourth-order valence-corrected chi connectivity index (χ4v) is 0.966. The quantitative estimate of drug-likeness (QED) is 0.642. The minimum absolute atomic E-state index is 0.654. The topological polar surface area (TPSA) is 37.3 Å². The Balaban J connectivity index is 3.00. The molecule has 0 aliphatic carbocycles. The summed E-state index contributed by atoms with van der Waals surface area (Å²) in [5, 5.41) is 8.95. The number of rotatable bonds is 0. The third-order valence-electron chi connectivity index (χ3n) is 1.47. The molecule has 66 valence electrons. The second kappa shape index (κ2) is 3.97. The lowest BCUT2D eigenvalue weighted by atomic mass is 10.1. The van der Waals surface area contributed by atoms with Gasteiger partial charge in [-0.15, -0.1) is 0 Å². The van der Waals surface area contributed by atoms with E-state index in [1.807, 2.05) is 12.8 Å². The van der Waals surface area contributed by atoms with Gasteiger partial charge in [0.05, 0.1) is 0 Å². The van der Waals surface area contributed by atoms with Gasteiger partial charge in [0.25, 0.3) is 0 Å². The first-order valence-corrected chi connectivity index (χ1v) is 3.98. The van der Waals surface area contributed by atoms with E-state index >= 15 is 0 Å². The molecule has 0 amide bonds. The third kappa shape index (κ3) is 2.81. The van der Waals surface area contributed by atoms with E-state index in [1.165, 1.54) is 0 Å². The molecule has 0 unspecified atom stereocenters. The Kier molecular flexibility index (Phi) is 2.94. The Morgan fingerprint density at radius 2 is 2.23 bits per heavy atom. The van der Waals surface area contributed by atoms with Crippen molar-refractivity contribution < 1.29 is 9.90 Å². The van der Waals surface area contributed by atoms with E-state index in [1.54, 1.807) is 18.2 Å². The largest absolute Gasteiger partial charge is 0.472 e. The van der Waals surface area contributed by atoms with Crippen LogP contribution in [0.15, 0.2) is 18.2 Å². The first-order valence-electron chi connectivity index (χ1n) is 3.60. The molecule has 1 N–H and O–H groups in total. The zero-order chi connectivity index (χ0) is 9.84. The Morgan fingerprint density at radius 1 is 1.54 bits per heavy atom. The average molecular weight is 195 g/mol. The maximum atomic E-state index is 10.1. The molecule has 0 atom stereocenters. The maximum absolute atomic E-state index is 10.1. The zero-order valence-corrected chi connectivity index (χ0v) is 7.72. The first kappa shape index (κ1) is 9.63. The van der Waals surface area contributed by atoms with Gasteiger partial charge in [-0.05, 0) is 30.7 Å². The molecule has 0 heterocycles. The molecule has 0 saturated heterocycles. The van der Waals surface area contributed by atoms with Gasteiger partial charge >= 0.3 is 5.97 Å². The van der Waals surface area contributed by atoms with Crippen molar-refractivity contribution in [1.82, 2.24) is 0 Å². The van der Waals surface area contributed by atoms with Crippen LogP contribution in [0.3, 0.4) is 0 Å². The van der Waals surface area contributed by atoms with E-state index in [2.05, 4.69) is 5.92 Å². The highest BCUT2D eigenvalue weighted by atomic mass is 35.5. The predicted molar refractivity (Wildman–Crippen MR) is 50.7 cm³/mol. The highest BCUT2D eigenvalue weighted by Gasteiger charge is 1.94. The minimum atomic E-state index is -1.13. The second-order valence-corrected chi connectivity index (χ2v) is 2.93. The highest BCUT2D eigenvalue weighted by Crippen LogP contribution is 2.15. The van der Waals surface area contributed by atoms with Crippen molar-refractivity contribution in [3.05, 3.63) is 34.3 Å². The Bertz CT molecular complexity index is 399. The lowest BCUT2D eigenvalue weighted by Gasteiger charge is -1.96. The van der Waals surface area contributed by atoms with E-state index in [9.17, 15) is 4.79 Å². The standard InChI is InChI=1S/C10H7ClO2/c1-7-6-8(2-4-9(7)11)3-5-10(12)13/h2,4,6H,1H3,(H,12,13). The van der Waals surface area contributed by atoms with Gasteiger partial charge in [0.15, 0.2) is 0 Å². The smallest absolute Gasteiger partial charge is 0.382 e. The molecule has 3 heteroatoms. The van der Waals surface area contributed by atoms with Crippen molar-refractivity contribution in [2.24, 2.45) is 0 Å². The first-order chi connectivity index (χ1) is 6.09. The van der Waals surface area contributed by atoms with E-state index in [0.29, 0.717) is 10.6 Å². The van der Waals surface area contributed by atoms with E-state index in [0.717, 1.165) is 5.56 Å². The Morgan fingerprint density at radius 3 is 2.77 bits per heavy atom. The number of aryl methyl sites for hydroxylation is 1. The molecule has 13 heavy (non-hydrogen) atoms. The zero-order valence-electron chi connectivity index (χ0n) is 6.97. The molecule has 1 aromatic rings. The van der Waals surface area contributed by atoms with Gasteiger partial charge in [0, 0.05) is 16.5 Å². The summed E-state index contributed by atoms with van der Waals surface area (Å²) in [5.41, 5.74) is 1.54. The van der Waals surface area contributed by atoms with Crippen molar-refractivity contribution in [2.45, 2.75) is 6.92 Å². The summed E-state index contributed by atoms with van der Waals surface area (Å²) in [7, 11) is 0. The number of aliphatic carboxylic acids is 1. The summed E-state index contributed by atoms with van der Waals surface area (Å²) in [6.45, 7) is 1.84. The third-order valence-corrected chi connectivity index (χ3v) is 1.90. The van der Waals surface area contributed by atoms with Gasteiger partial charge < -0.3 is 5.11 Å². The van der Waals surface area contributed by atoms with E-state index in [-0.39, 0.29) is 0 Å². The fraction of sp³-hybridized carbons (Fsp3) is 0.100. The fourth-order valence-electron chi connectivity index (χ4n) is 0.848. The van der Waals surface area contributed by atoms with Crippen LogP contribution in [0.4, 0.5) is 0 Å². The number of halogens is 1. The number of hydrogen-bond donors (Lipinski definition) is 1. The van der Waals surface area contributed by atoms with Crippen molar-refractivity contribution in [3.8, 4) is 11.8 Å². The summed E-state index contributed by atoms with van der Waals surface area (Å²) >= 11 is 5.78. The number of carboxylic acids is 1. The van der Waals surface area contributed by atoms with Crippen LogP contribution in [0.2, 0.25) is 5.02 Å². The van der Waals surface area contributed by atoms with Crippen LogP contribution in [0.1, 0.15) is 11.1 Å². The van der Waals surface area contributed by atoms with Crippen LogP contribution < -0.4 is 0 Å². The second-order valence-electron chi connectivity index (χ2n) is 2.52. The van der Waals surface area contributed by atoms with Crippen LogP contribution >= 0.6 is 11.6 Å². The molecular formula is C10H7ClO2. The molecule has 0 aliphatic rings. The number of carboxylic acid groups (broad SMARTS) is 1. The predicted octanol–water partition coefficient (Wildman–Crippen LogP) is 2.08. The number of carbonyl (C=O) groups is 1. The number of benzene rings is 1. The molecule has 0 saturated carbocycles. The molecule has 0 bridgehead atoms. The summed E-state index contributed by atoms with van der Waals surface area (Å²) in [6.07, 6.45) is 0. The maximum Gasteiger partial charge on any atom is 0.382 e. The molecule has 0 aliphatic heterocycles. The molecule has 0 spiro atoms. The van der Waals surface area contributed by atoms with Crippen LogP contribution in [0, 0.1) is 18.8 Å². The molecule has 0 fully saturated rings. The molecular weight excluding hydrogens is 188 g/mol. The van der Waals surface area contributed by atoms with Gasteiger partial charge in [-0.3, -0.25) is 0 Å². The van der Waals surface area contributed by atoms with E-state index < -0.39 is 5.97 Å². The van der Waals surface area contributed by atoms with Crippen LogP contribution in [-0.4, -0.2) is 11.1 Å². The summed E-state index contributed by atoms with van der Waals surface area (Å²) in [6, 6.07) is 5.13. The van der Waals surface area contributed by atoms with Crippen molar-refractivity contribution >= 4 is 17.6 Å². The van der Waals surface area contributed by atoms with E-state index in [4.69, 9.17) is 16.7 Å². The Hall–Kier alpha value is -1.46. The van der Waals surface area contributed by atoms with Gasteiger partial charge in [-0.25, -0.2) is 4.79 Å². The average Bonchev–Trinajstić information content (AvgIpc) is 2.07. The molecule has 1 aromatic carbocycles. The lowest BCUT2D eigenvalue weighted by molar-refractivity contribution is -0.130. The van der Waals surface area contributed by atoms with Crippen molar-refractivity contribution in [2.75, 3.05) is 0 Å². The monoisotopic (exact) mass is 194 g/mol. The lowest BCUT2D eigenvalue weighted by Crippen LogP contribution is -1.87. The Labute approximate surface area is 81.1 Å². The van der Waals surface area contributed by atoms with Gasteiger partial charge in [-0.1, -0.05) is 17.5 Å². The highest BCUT2D eigenvalue weighted by molar-refractivity contribution is 6.31. The van der Waals surface area contributed by atoms with Crippen molar-refractivity contribution in [3.63, 3.8) is 0 Å². The van der Waals surface area contributed by atoms with Gasteiger partial charge in [0.2, 0.25) is 0 Å². The van der Waals surface area contributed by atoms with Crippen LogP contribution in [0.25, 0.3) is 0 Å². The summed E-state index contributed by atoms with van der Waals surface area (Å²) in [5.74, 6) is 3.40. The molecule has 1 rings (SSSR count). The molecule has 0 radical (unpaired) electrons. The summed E-state index contributed by atoms with van der Waals surface area (Å²) in [4.78, 5) is 10.1. The minimum Gasteiger partial charge on any atom is -0.472 e. The van der Waals surface area contributed by atoms with Gasteiger partial charge in [-0.2, -0.15) is 0 Å². The van der Waals surface area contributed by atoms with Crippen molar-refractivity contribution in [1.29, 1.82) is 0 Å². The van der Waals surface area contributed by atoms with Crippen LogP contribution in [0.5, 0.6) is 0 Å². The number of hydrogen-bond acceptors (Lipinski definition) is 1. The SMILES string of the molecule is Cc1cc(C#CC(=O)O)ccc1Cl. The normalized spacial score (nSPS) is 8.77. The molecule has 2 nitrogen and oxygen atoms in total. The van der Waals surface area contributed by atoms with Crippen LogP contribution in [-0.2, 0) is 4.79 Å². The van der Waals surface area contributed by atoms with Gasteiger partial charge in [0.1, 0.15) is 0 Å². The summed E-state index contributed by atoms with van der Waals surface area (Å²) < 4.78 is 0.